The zero-order chi connectivity index (χ0) is 19.2. The third-order valence-corrected chi connectivity index (χ3v) is 7.45. The Kier molecular flexibility index (Phi) is 4.55. The molecule has 4 rings (SSSR count). The summed E-state index contributed by atoms with van der Waals surface area (Å²) in [7, 11) is -3.17. The van der Waals surface area contributed by atoms with Gasteiger partial charge in [-0.15, -0.1) is 0 Å². The van der Waals surface area contributed by atoms with Crippen LogP contribution in [-0.2, 0) is 22.2 Å². The highest BCUT2D eigenvalue weighted by Crippen LogP contribution is 2.49. The van der Waals surface area contributed by atoms with E-state index < -0.39 is 15.6 Å². The Balaban J connectivity index is 1.76. The maximum Gasteiger partial charge on any atom is 0.213 e. The Hall–Kier alpha value is -1.86. The van der Waals surface area contributed by atoms with E-state index in [-0.39, 0.29) is 5.75 Å². The Bertz CT molecular complexity index is 941. The SMILES string of the molecule is CCS(=O)(=O)N1CCC2(CC1)Oc1ccccc1-c1ncn(CC(C)C)c12. The molecule has 2 aliphatic rings. The number of imidazole rings is 1. The fourth-order valence-corrected chi connectivity index (χ4v) is 5.35. The second-order valence-corrected chi connectivity index (χ2v) is 10.1. The lowest BCUT2D eigenvalue weighted by Crippen LogP contribution is -2.50. The third kappa shape index (κ3) is 3.06. The molecule has 7 heteroatoms. The molecule has 1 spiro atoms. The van der Waals surface area contributed by atoms with E-state index in [0.717, 1.165) is 29.2 Å². The molecule has 0 unspecified atom stereocenters. The van der Waals surface area contributed by atoms with Gasteiger partial charge in [0.25, 0.3) is 0 Å². The van der Waals surface area contributed by atoms with E-state index in [1.165, 1.54) is 0 Å². The van der Waals surface area contributed by atoms with Gasteiger partial charge in [0.2, 0.25) is 10.0 Å². The van der Waals surface area contributed by atoms with Gasteiger partial charge in [-0.1, -0.05) is 26.0 Å². The van der Waals surface area contributed by atoms with Crippen LogP contribution in [0.2, 0.25) is 0 Å². The molecule has 0 N–H and O–H groups in total. The van der Waals surface area contributed by atoms with Crippen molar-refractivity contribution in [2.75, 3.05) is 18.8 Å². The molecular formula is C20H27N3O3S. The lowest BCUT2D eigenvalue weighted by molar-refractivity contribution is 0.00620. The van der Waals surface area contributed by atoms with E-state index in [9.17, 15) is 8.42 Å². The first kappa shape index (κ1) is 18.5. The first-order valence-electron chi connectivity index (χ1n) is 9.68. The Morgan fingerprint density at radius 3 is 2.59 bits per heavy atom. The highest BCUT2D eigenvalue weighted by molar-refractivity contribution is 7.89. The highest BCUT2D eigenvalue weighted by Gasteiger charge is 2.47. The van der Waals surface area contributed by atoms with Crippen LogP contribution in [0.25, 0.3) is 11.3 Å². The van der Waals surface area contributed by atoms with Crippen molar-refractivity contribution >= 4 is 10.0 Å². The van der Waals surface area contributed by atoms with Crippen molar-refractivity contribution in [3.05, 3.63) is 36.3 Å². The molecule has 1 aromatic carbocycles. The first-order chi connectivity index (χ1) is 12.9. The van der Waals surface area contributed by atoms with E-state index in [4.69, 9.17) is 9.72 Å². The molecule has 0 amide bonds. The number of nitrogens with zero attached hydrogens (tertiary/aromatic N) is 3. The van der Waals surface area contributed by atoms with Gasteiger partial charge in [-0.3, -0.25) is 0 Å². The topological polar surface area (TPSA) is 64.4 Å². The van der Waals surface area contributed by atoms with Gasteiger partial charge in [-0.2, -0.15) is 0 Å². The summed E-state index contributed by atoms with van der Waals surface area (Å²) >= 11 is 0. The summed E-state index contributed by atoms with van der Waals surface area (Å²) in [4.78, 5) is 4.74. The smallest absolute Gasteiger partial charge is 0.213 e. The molecule has 0 atom stereocenters. The van der Waals surface area contributed by atoms with Crippen molar-refractivity contribution in [1.82, 2.24) is 13.9 Å². The van der Waals surface area contributed by atoms with Gasteiger partial charge in [0.1, 0.15) is 5.75 Å². The number of hydrogen-bond acceptors (Lipinski definition) is 4. The molecule has 6 nitrogen and oxygen atoms in total. The predicted molar refractivity (Wildman–Crippen MR) is 105 cm³/mol. The Labute approximate surface area is 161 Å². The molecule has 0 aliphatic carbocycles. The van der Waals surface area contributed by atoms with Gasteiger partial charge in [0, 0.05) is 38.0 Å². The Morgan fingerprint density at radius 2 is 1.93 bits per heavy atom. The number of hydrogen-bond donors (Lipinski definition) is 0. The summed E-state index contributed by atoms with van der Waals surface area (Å²) in [5, 5.41) is 0. The predicted octanol–water partition coefficient (Wildman–Crippen LogP) is 3.24. The average molecular weight is 390 g/mol. The lowest BCUT2D eigenvalue weighted by Gasteiger charge is -2.44. The summed E-state index contributed by atoms with van der Waals surface area (Å²) in [6.07, 6.45) is 3.18. The van der Waals surface area contributed by atoms with Gasteiger partial charge in [0.15, 0.2) is 5.60 Å². The normalized spacial score (nSPS) is 19.0. The van der Waals surface area contributed by atoms with Crippen molar-refractivity contribution in [2.45, 2.75) is 45.8 Å². The summed E-state index contributed by atoms with van der Waals surface area (Å²) in [6, 6.07) is 8.00. The number of benzene rings is 1. The quantitative estimate of drug-likeness (QED) is 0.805. The van der Waals surface area contributed by atoms with E-state index in [1.54, 1.807) is 11.2 Å². The van der Waals surface area contributed by atoms with Gasteiger partial charge in [-0.25, -0.2) is 17.7 Å². The number of fused-ring (bicyclic) bond motifs is 4. The van der Waals surface area contributed by atoms with Crippen LogP contribution in [0.3, 0.4) is 0 Å². The average Bonchev–Trinajstić information content (AvgIpc) is 3.06. The van der Waals surface area contributed by atoms with Crippen LogP contribution in [0.15, 0.2) is 30.6 Å². The monoisotopic (exact) mass is 389 g/mol. The zero-order valence-electron chi connectivity index (χ0n) is 16.2. The summed E-state index contributed by atoms with van der Waals surface area (Å²) < 4.78 is 35.0. The number of sulfonamides is 1. The molecule has 0 saturated carbocycles. The number of ether oxygens (including phenoxy) is 1. The summed E-state index contributed by atoms with van der Waals surface area (Å²) in [5.41, 5.74) is 2.58. The molecule has 0 bridgehead atoms. The van der Waals surface area contributed by atoms with E-state index >= 15 is 0 Å². The number of para-hydroxylation sites is 1. The van der Waals surface area contributed by atoms with Crippen LogP contribution in [0.5, 0.6) is 5.75 Å². The van der Waals surface area contributed by atoms with Gasteiger partial charge < -0.3 is 9.30 Å². The van der Waals surface area contributed by atoms with Gasteiger partial charge >= 0.3 is 0 Å². The second kappa shape index (κ2) is 6.63. The number of piperidine rings is 1. The van der Waals surface area contributed by atoms with E-state index in [0.29, 0.717) is 31.8 Å². The molecule has 2 aromatic rings. The van der Waals surface area contributed by atoms with Crippen LogP contribution >= 0.6 is 0 Å². The van der Waals surface area contributed by atoms with E-state index in [2.05, 4.69) is 18.4 Å². The maximum absolute atomic E-state index is 12.3. The summed E-state index contributed by atoms with van der Waals surface area (Å²) in [6.45, 7) is 7.89. The van der Waals surface area contributed by atoms with Crippen LogP contribution in [0, 0.1) is 5.92 Å². The third-order valence-electron chi connectivity index (χ3n) is 5.57. The van der Waals surface area contributed by atoms with Gasteiger partial charge in [-0.05, 0) is 25.0 Å². The minimum atomic E-state index is -3.17. The number of aromatic nitrogens is 2. The fourth-order valence-electron chi connectivity index (χ4n) is 4.25. The maximum atomic E-state index is 12.3. The molecule has 1 aromatic heterocycles. The zero-order valence-corrected chi connectivity index (χ0v) is 17.0. The van der Waals surface area contributed by atoms with E-state index in [1.807, 2.05) is 30.6 Å². The van der Waals surface area contributed by atoms with Crippen molar-refractivity contribution in [1.29, 1.82) is 0 Å². The largest absolute Gasteiger partial charge is 0.480 e. The van der Waals surface area contributed by atoms with Crippen LogP contribution in [0.4, 0.5) is 0 Å². The van der Waals surface area contributed by atoms with Crippen molar-refractivity contribution < 1.29 is 13.2 Å². The molecule has 1 saturated heterocycles. The molecule has 146 valence electrons. The van der Waals surface area contributed by atoms with Crippen LogP contribution in [0.1, 0.15) is 39.3 Å². The fraction of sp³-hybridized carbons (Fsp3) is 0.550. The van der Waals surface area contributed by atoms with Crippen molar-refractivity contribution in [2.24, 2.45) is 5.92 Å². The summed E-state index contributed by atoms with van der Waals surface area (Å²) in [5.74, 6) is 1.46. The van der Waals surface area contributed by atoms with Crippen LogP contribution in [-0.4, -0.2) is 41.1 Å². The van der Waals surface area contributed by atoms with Crippen molar-refractivity contribution in [3.8, 4) is 17.0 Å². The minimum absolute atomic E-state index is 0.139. The Morgan fingerprint density at radius 1 is 1.22 bits per heavy atom. The minimum Gasteiger partial charge on any atom is -0.480 e. The van der Waals surface area contributed by atoms with Gasteiger partial charge in [0.05, 0.1) is 23.5 Å². The molecule has 27 heavy (non-hydrogen) atoms. The first-order valence-corrected chi connectivity index (χ1v) is 11.3. The van der Waals surface area contributed by atoms with Crippen LogP contribution < -0.4 is 4.74 Å². The van der Waals surface area contributed by atoms with Crippen molar-refractivity contribution in [3.63, 3.8) is 0 Å². The standard InChI is InChI=1S/C20H27N3O3S/c1-4-27(24,25)23-11-9-20(10-12-23)19-18(21-14-22(19)13-15(2)3)16-7-5-6-8-17(16)26-20/h5-8,14-15H,4,9-13H2,1-3H3. The number of rotatable bonds is 4. The molecule has 0 radical (unpaired) electrons. The molecule has 1 fully saturated rings. The molecule has 2 aliphatic heterocycles. The highest BCUT2D eigenvalue weighted by atomic mass is 32.2. The molecule has 3 heterocycles. The second-order valence-electron chi connectivity index (χ2n) is 7.88. The molecular weight excluding hydrogens is 362 g/mol. The lowest BCUT2D eigenvalue weighted by atomic mass is 9.83.